The molecule has 0 aromatic heterocycles. The third-order valence-corrected chi connectivity index (χ3v) is 10.9. The molecule has 2 bridgehead atoms. The van der Waals surface area contributed by atoms with E-state index in [1.54, 1.807) is 11.8 Å². The minimum Gasteiger partial charge on any atom is -0.273 e. The minimum absolute atomic E-state index is 0.00133. The lowest BCUT2D eigenvalue weighted by molar-refractivity contribution is -0.128. The van der Waals surface area contributed by atoms with Gasteiger partial charge in [-0.15, -0.1) is 11.8 Å². The summed E-state index contributed by atoms with van der Waals surface area (Å²) in [5.74, 6) is 1.22. The predicted octanol–water partition coefficient (Wildman–Crippen LogP) is 4.07. The van der Waals surface area contributed by atoms with Crippen molar-refractivity contribution in [3.05, 3.63) is 35.9 Å². The summed E-state index contributed by atoms with van der Waals surface area (Å²) < 4.78 is 27.5. The van der Waals surface area contributed by atoms with Gasteiger partial charge in [-0.25, -0.2) is 12.7 Å². The summed E-state index contributed by atoms with van der Waals surface area (Å²) in [7, 11) is -3.53. The Kier molecular flexibility index (Phi) is 4.66. The molecule has 4 nitrogen and oxygen atoms in total. The van der Waals surface area contributed by atoms with E-state index < -0.39 is 10.0 Å². The Hall–Kier alpha value is -1.01. The zero-order valence-electron chi connectivity index (χ0n) is 16.3. The largest absolute Gasteiger partial charge is 0.273 e. The number of sulfonamides is 1. The standard InChI is InChI=1S/C21H29NO3S2/c1-4-17(26-13-15-8-6-5-7-9-15)19(23)22-18-12-16-10-11-21(18,20(16,2)3)14-27(22,24)25/h5-9,16-18H,4,10-14H2,1-3H3. The smallest absolute Gasteiger partial charge is 0.249 e. The molecule has 1 amide bonds. The lowest BCUT2D eigenvalue weighted by Crippen LogP contribution is -2.47. The van der Waals surface area contributed by atoms with E-state index in [0.29, 0.717) is 12.3 Å². The zero-order chi connectivity index (χ0) is 19.4. The van der Waals surface area contributed by atoms with Gasteiger partial charge >= 0.3 is 0 Å². The molecule has 1 heterocycles. The summed E-state index contributed by atoms with van der Waals surface area (Å²) in [6.45, 7) is 6.41. The fraction of sp³-hybridized carbons (Fsp3) is 0.667. The number of hydrogen-bond donors (Lipinski definition) is 0. The van der Waals surface area contributed by atoms with E-state index in [1.807, 2.05) is 37.3 Å². The van der Waals surface area contributed by atoms with Gasteiger partial charge in [-0.2, -0.15) is 0 Å². The number of amides is 1. The molecular weight excluding hydrogens is 378 g/mol. The fourth-order valence-electron chi connectivity index (χ4n) is 5.86. The van der Waals surface area contributed by atoms with Crippen LogP contribution in [0.3, 0.4) is 0 Å². The Labute approximate surface area is 167 Å². The molecule has 0 N–H and O–H groups in total. The van der Waals surface area contributed by atoms with Crippen LogP contribution in [0.25, 0.3) is 0 Å². The van der Waals surface area contributed by atoms with E-state index in [0.717, 1.165) is 30.6 Å². The van der Waals surface area contributed by atoms with E-state index in [2.05, 4.69) is 13.8 Å². The van der Waals surface area contributed by atoms with E-state index in [9.17, 15) is 13.2 Å². The molecule has 1 spiro atoms. The molecule has 1 aliphatic heterocycles. The molecule has 3 fully saturated rings. The average molecular weight is 408 g/mol. The monoisotopic (exact) mass is 407 g/mol. The van der Waals surface area contributed by atoms with Gasteiger partial charge in [0.05, 0.1) is 17.0 Å². The van der Waals surface area contributed by atoms with Gasteiger partial charge < -0.3 is 0 Å². The molecule has 1 aromatic rings. The normalized spacial score (nSPS) is 33.8. The first-order chi connectivity index (χ1) is 12.7. The highest BCUT2D eigenvalue weighted by molar-refractivity contribution is 8.00. The second kappa shape index (κ2) is 6.51. The van der Waals surface area contributed by atoms with E-state index in [1.165, 1.54) is 4.31 Å². The Morgan fingerprint density at radius 1 is 1.30 bits per heavy atom. The molecule has 4 rings (SSSR count). The highest BCUT2D eigenvalue weighted by atomic mass is 32.2. The first-order valence-corrected chi connectivity index (χ1v) is 12.6. The van der Waals surface area contributed by atoms with Crippen LogP contribution < -0.4 is 0 Å². The van der Waals surface area contributed by atoms with Crippen LogP contribution >= 0.6 is 11.8 Å². The van der Waals surface area contributed by atoms with Gasteiger partial charge in [0.2, 0.25) is 15.9 Å². The second-order valence-electron chi connectivity index (χ2n) is 8.95. The topological polar surface area (TPSA) is 54.5 Å². The molecule has 3 aliphatic rings. The minimum atomic E-state index is -3.53. The van der Waals surface area contributed by atoms with Crippen molar-refractivity contribution in [2.45, 2.75) is 63.5 Å². The second-order valence-corrected chi connectivity index (χ2v) is 12.0. The van der Waals surface area contributed by atoms with Crippen molar-refractivity contribution >= 4 is 27.7 Å². The third kappa shape index (κ3) is 2.78. The quantitative estimate of drug-likeness (QED) is 0.738. The average Bonchev–Trinajstić information content (AvgIpc) is 3.10. The summed E-state index contributed by atoms with van der Waals surface area (Å²) in [6.07, 6.45) is 3.53. The summed E-state index contributed by atoms with van der Waals surface area (Å²) in [5.41, 5.74) is 0.920. The number of fused-ring (bicyclic) bond motifs is 1. The number of hydrogen-bond acceptors (Lipinski definition) is 4. The van der Waals surface area contributed by atoms with Gasteiger partial charge in [-0.3, -0.25) is 4.79 Å². The summed E-state index contributed by atoms with van der Waals surface area (Å²) in [5, 5.41) is -0.308. The molecule has 4 atom stereocenters. The number of nitrogens with zero attached hydrogens (tertiary/aromatic N) is 1. The van der Waals surface area contributed by atoms with Crippen molar-refractivity contribution < 1.29 is 13.2 Å². The van der Waals surface area contributed by atoms with Crippen LogP contribution in [-0.4, -0.2) is 35.7 Å². The molecular formula is C21H29NO3S2. The number of benzene rings is 1. The Bertz CT molecular complexity index is 836. The molecule has 4 unspecified atom stereocenters. The van der Waals surface area contributed by atoms with Crippen LogP contribution in [0, 0.1) is 16.7 Å². The van der Waals surface area contributed by atoms with E-state index in [-0.39, 0.29) is 33.8 Å². The molecule has 148 valence electrons. The van der Waals surface area contributed by atoms with Gasteiger partial charge in [0.15, 0.2) is 0 Å². The third-order valence-electron chi connectivity index (χ3n) is 7.57. The zero-order valence-corrected chi connectivity index (χ0v) is 18.0. The van der Waals surface area contributed by atoms with Crippen molar-refractivity contribution in [2.24, 2.45) is 16.7 Å². The van der Waals surface area contributed by atoms with Gasteiger partial charge in [-0.05, 0) is 42.6 Å². The molecule has 0 radical (unpaired) electrons. The maximum absolute atomic E-state index is 13.4. The highest BCUT2D eigenvalue weighted by Crippen LogP contribution is 2.70. The predicted molar refractivity (Wildman–Crippen MR) is 110 cm³/mol. The van der Waals surface area contributed by atoms with Crippen LogP contribution in [0.4, 0.5) is 0 Å². The van der Waals surface area contributed by atoms with Crippen molar-refractivity contribution in [1.29, 1.82) is 0 Å². The highest BCUT2D eigenvalue weighted by Gasteiger charge is 2.72. The SMILES string of the molecule is CCC(SCc1ccccc1)C(=O)N1C2CC3CCC2(CS1(=O)=O)C3(C)C. The number of carbonyl (C=O) groups is 1. The lowest BCUT2D eigenvalue weighted by atomic mass is 9.69. The van der Waals surface area contributed by atoms with E-state index >= 15 is 0 Å². The van der Waals surface area contributed by atoms with Gasteiger partial charge in [-0.1, -0.05) is 51.1 Å². The molecule has 27 heavy (non-hydrogen) atoms. The number of carbonyl (C=O) groups excluding carboxylic acids is 1. The van der Waals surface area contributed by atoms with Gasteiger partial charge in [0.1, 0.15) is 0 Å². The van der Waals surface area contributed by atoms with Crippen LogP contribution in [0.15, 0.2) is 30.3 Å². The Morgan fingerprint density at radius 2 is 2.00 bits per heavy atom. The number of rotatable bonds is 5. The molecule has 6 heteroatoms. The summed E-state index contributed by atoms with van der Waals surface area (Å²) in [4.78, 5) is 13.4. The van der Waals surface area contributed by atoms with E-state index in [4.69, 9.17) is 0 Å². The van der Waals surface area contributed by atoms with Crippen LogP contribution in [0.5, 0.6) is 0 Å². The molecule has 2 aliphatic carbocycles. The van der Waals surface area contributed by atoms with Crippen molar-refractivity contribution in [1.82, 2.24) is 4.31 Å². The fourth-order valence-corrected chi connectivity index (χ4v) is 9.58. The maximum Gasteiger partial charge on any atom is 0.249 e. The van der Waals surface area contributed by atoms with Crippen molar-refractivity contribution in [2.75, 3.05) is 5.75 Å². The Balaban J connectivity index is 1.57. The van der Waals surface area contributed by atoms with Gasteiger partial charge in [0.25, 0.3) is 0 Å². The first-order valence-electron chi connectivity index (χ1n) is 9.94. The van der Waals surface area contributed by atoms with Crippen LogP contribution in [-0.2, 0) is 20.6 Å². The van der Waals surface area contributed by atoms with Crippen molar-refractivity contribution in [3.8, 4) is 0 Å². The Morgan fingerprint density at radius 3 is 2.63 bits per heavy atom. The first kappa shape index (κ1) is 19.3. The lowest BCUT2D eigenvalue weighted by Gasteiger charge is -2.37. The molecule has 1 aromatic carbocycles. The van der Waals surface area contributed by atoms with Crippen molar-refractivity contribution in [3.63, 3.8) is 0 Å². The van der Waals surface area contributed by atoms with Crippen LogP contribution in [0.1, 0.15) is 52.0 Å². The molecule has 2 saturated carbocycles. The van der Waals surface area contributed by atoms with Crippen LogP contribution in [0.2, 0.25) is 0 Å². The maximum atomic E-state index is 13.4. The summed E-state index contributed by atoms with van der Waals surface area (Å²) in [6, 6.07) is 9.92. The number of thioether (sulfide) groups is 1. The summed E-state index contributed by atoms with van der Waals surface area (Å²) >= 11 is 1.57. The molecule has 1 saturated heterocycles. The van der Waals surface area contributed by atoms with Gasteiger partial charge in [0, 0.05) is 11.2 Å².